The third-order valence-electron chi connectivity index (χ3n) is 4.50. The highest BCUT2D eigenvalue weighted by molar-refractivity contribution is 5.85. The number of halogens is 1. The Kier molecular flexibility index (Phi) is 10.3. The number of rotatable bonds is 9. The van der Waals surface area contributed by atoms with Crippen LogP contribution in [0.25, 0.3) is 0 Å². The van der Waals surface area contributed by atoms with Gasteiger partial charge in [-0.25, -0.2) is 0 Å². The first-order valence-electron chi connectivity index (χ1n) is 9.35. The molecule has 0 aliphatic heterocycles. The van der Waals surface area contributed by atoms with Crippen LogP contribution in [0.1, 0.15) is 36.1 Å². The quantitative estimate of drug-likeness (QED) is 0.675. The molecule has 1 unspecified atom stereocenters. The van der Waals surface area contributed by atoms with E-state index in [1.54, 1.807) is 4.90 Å². The molecule has 6 heteroatoms. The maximum absolute atomic E-state index is 12.9. The second-order valence-corrected chi connectivity index (χ2v) is 6.77. The molecule has 0 aliphatic rings. The Bertz CT molecular complexity index is 735. The fourth-order valence-corrected chi connectivity index (χ4v) is 3.03. The Hall–Kier alpha value is -2.37. The SMILES string of the molecule is CC(=O)NC(CC(=O)N(CCN)CCc1ccccc1)c1ccc(C)cc1.Cl. The summed E-state index contributed by atoms with van der Waals surface area (Å²) in [5.74, 6) is -0.154. The number of amides is 2. The van der Waals surface area contributed by atoms with Gasteiger partial charge in [0.05, 0.1) is 12.5 Å². The van der Waals surface area contributed by atoms with E-state index in [0.717, 1.165) is 17.5 Å². The van der Waals surface area contributed by atoms with Gasteiger partial charge in [0.25, 0.3) is 0 Å². The van der Waals surface area contributed by atoms with Gasteiger partial charge in [-0.2, -0.15) is 0 Å². The van der Waals surface area contributed by atoms with Crippen LogP contribution in [0, 0.1) is 6.92 Å². The predicted octanol–water partition coefficient (Wildman–Crippen LogP) is 3.01. The monoisotopic (exact) mass is 403 g/mol. The summed E-state index contributed by atoms with van der Waals surface area (Å²) in [7, 11) is 0. The second-order valence-electron chi connectivity index (χ2n) is 6.77. The molecule has 0 fully saturated rings. The van der Waals surface area contributed by atoms with Crippen molar-refractivity contribution in [2.45, 2.75) is 32.7 Å². The summed E-state index contributed by atoms with van der Waals surface area (Å²) in [6.45, 7) is 5.01. The summed E-state index contributed by atoms with van der Waals surface area (Å²) >= 11 is 0. The smallest absolute Gasteiger partial charge is 0.225 e. The normalized spacial score (nSPS) is 11.2. The molecule has 0 aromatic heterocycles. The summed E-state index contributed by atoms with van der Waals surface area (Å²) in [5, 5.41) is 2.90. The first-order chi connectivity index (χ1) is 13.0. The standard InChI is InChI=1S/C22H29N3O2.ClH/c1-17-8-10-20(11-9-17)21(24-18(2)26)16-22(27)25(15-13-23)14-12-19-6-4-3-5-7-19;/h3-11,21H,12-16,23H2,1-2H3,(H,24,26);1H. The fraction of sp³-hybridized carbons (Fsp3) is 0.364. The molecule has 28 heavy (non-hydrogen) atoms. The largest absolute Gasteiger partial charge is 0.349 e. The highest BCUT2D eigenvalue weighted by Gasteiger charge is 2.21. The first kappa shape index (κ1) is 23.7. The number of nitrogens with one attached hydrogen (secondary N) is 1. The van der Waals surface area contributed by atoms with Gasteiger partial charge in [0, 0.05) is 26.6 Å². The summed E-state index contributed by atoms with van der Waals surface area (Å²) in [6, 6.07) is 17.6. The molecule has 2 aromatic rings. The Labute approximate surface area is 173 Å². The highest BCUT2D eigenvalue weighted by Crippen LogP contribution is 2.19. The molecule has 0 saturated carbocycles. The molecule has 2 aromatic carbocycles. The van der Waals surface area contributed by atoms with Gasteiger partial charge in [0.2, 0.25) is 11.8 Å². The third kappa shape index (κ3) is 7.71. The van der Waals surface area contributed by atoms with Crippen molar-refractivity contribution in [1.29, 1.82) is 0 Å². The van der Waals surface area contributed by atoms with E-state index in [2.05, 4.69) is 17.4 Å². The minimum Gasteiger partial charge on any atom is -0.349 e. The van der Waals surface area contributed by atoms with Gasteiger partial charge >= 0.3 is 0 Å². The molecule has 0 heterocycles. The van der Waals surface area contributed by atoms with Crippen molar-refractivity contribution in [2.75, 3.05) is 19.6 Å². The zero-order valence-corrected chi connectivity index (χ0v) is 17.4. The zero-order valence-electron chi connectivity index (χ0n) is 16.6. The van der Waals surface area contributed by atoms with Gasteiger partial charge in [0.15, 0.2) is 0 Å². The molecule has 1 atom stereocenters. The summed E-state index contributed by atoms with van der Waals surface area (Å²) in [4.78, 5) is 26.3. The van der Waals surface area contributed by atoms with Crippen molar-refractivity contribution in [3.63, 3.8) is 0 Å². The van der Waals surface area contributed by atoms with Crippen molar-refractivity contribution in [3.05, 3.63) is 71.3 Å². The van der Waals surface area contributed by atoms with Crippen LogP contribution in [0.2, 0.25) is 0 Å². The predicted molar refractivity (Wildman–Crippen MR) is 115 cm³/mol. The van der Waals surface area contributed by atoms with Gasteiger partial charge in [-0.3, -0.25) is 9.59 Å². The van der Waals surface area contributed by atoms with Crippen LogP contribution in [-0.4, -0.2) is 36.3 Å². The van der Waals surface area contributed by atoms with Gasteiger partial charge in [0.1, 0.15) is 0 Å². The van der Waals surface area contributed by atoms with E-state index in [-0.39, 0.29) is 36.7 Å². The first-order valence-corrected chi connectivity index (χ1v) is 9.35. The van der Waals surface area contributed by atoms with E-state index in [1.807, 2.05) is 49.4 Å². The molecule has 0 aliphatic carbocycles. The van der Waals surface area contributed by atoms with E-state index in [0.29, 0.717) is 19.6 Å². The van der Waals surface area contributed by atoms with E-state index < -0.39 is 0 Å². The number of nitrogens with two attached hydrogens (primary N) is 1. The summed E-state index contributed by atoms with van der Waals surface area (Å²) < 4.78 is 0. The lowest BCUT2D eigenvalue weighted by Gasteiger charge is -2.25. The molecule has 3 N–H and O–H groups in total. The minimum atomic E-state index is -0.340. The Morgan fingerprint density at radius 2 is 1.68 bits per heavy atom. The maximum atomic E-state index is 12.9. The minimum absolute atomic E-state index is 0. The zero-order chi connectivity index (χ0) is 19.6. The number of carbonyl (C=O) groups is 2. The number of hydrogen-bond donors (Lipinski definition) is 2. The van der Waals surface area contributed by atoms with Crippen LogP contribution in [0.3, 0.4) is 0 Å². The lowest BCUT2D eigenvalue weighted by Crippen LogP contribution is -2.39. The van der Waals surface area contributed by atoms with Crippen LogP contribution in [0.5, 0.6) is 0 Å². The topological polar surface area (TPSA) is 75.4 Å². The van der Waals surface area contributed by atoms with Crippen molar-refractivity contribution in [1.82, 2.24) is 10.2 Å². The second kappa shape index (κ2) is 12.2. The van der Waals surface area contributed by atoms with Crippen LogP contribution in [0.4, 0.5) is 0 Å². The number of carbonyl (C=O) groups excluding carboxylic acids is 2. The summed E-state index contributed by atoms with van der Waals surface area (Å²) in [5.41, 5.74) is 8.97. The molecule has 0 saturated heterocycles. The van der Waals surface area contributed by atoms with Gasteiger partial charge in [-0.05, 0) is 24.5 Å². The van der Waals surface area contributed by atoms with E-state index in [9.17, 15) is 9.59 Å². The van der Waals surface area contributed by atoms with Crippen LogP contribution >= 0.6 is 12.4 Å². The van der Waals surface area contributed by atoms with Crippen molar-refractivity contribution in [3.8, 4) is 0 Å². The number of hydrogen-bond acceptors (Lipinski definition) is 3. The third-order valence-corrected chi connectivity index (χ3v) is 4.50. The maximum Gasteiger partial charge on any atom is 0.225 e. The Morgan fingerprint density at radius 1 is 1.04 bits per heavy atom. The fourth-order valence-electron chi connectivity index (χ4n) is 3.03. The average Bonchev–Trinajstić information content (AvgIpc) is 2.65. The van der Waals surface area contributed by atoms with Crippen molar-refractivity contribution >= 4 is 24.2 Å². The van der Waals surface area contributed by atoms with E-state index in [1.165, 1.54) is 12.5 Å². The van der Waals surface area contributed by atoms with Crippen molar-refractivity contribution < 1.29 is 9.59 Å². The summed E-state index contributed by atoms with van der Waals surface area (Å²) in [6.07, 6.45) is 0.999. The molecule has 5 nitrogen and oxygen atoms in total. The van der Waals surface area contributed by atoms with Gasteiger partial charge in [-0.15, -0.1) is 12.4 Å². The Balaban J connectivity index is 0.00000392. The molecular formula is C22H30ClN3O2. The lowest BCUT2D eigenvalue weighted by molar-refractivity contribution is -0.132. The number of benzene rings is 2. The molecule has 152 valence electrons. The molecule has 0 bridgehead atoms. The Morgan fingerprint density at radius 3 is 2.25 bits per heavy atom. The van der Waals surface area contributed by atoms with Crippen LogP contribution in [-0.2, 0) is 16.0 Å². The molecule has 0 radical (unpaired) electrons. The van der Waals surface area contributed by atoms with E-state index in [4.69, 9.17) is 5.73 Å². The lowest BCUT2D eigenvalue weighted by atomic mass is 10.0. The van der Waals surface area contributed by atoms with Crippen LogP contribution < -0.4 is 11.1 Å². The molecule has 2 amide bonds. The molecule has 2 rings (SSSR count). The number of aryl methyl sites for hydroxylation is 1. The average molecular weight is 404 g/mol. The van der Waals surface area contributed by atoms with Crippen molar-refractivity contribution in [2.24, 2.45) is 5.73 Å². The molecular weight excluding hydrogens is 374 g/mol. The highest BCUT2D eigenvalue weighted by atomic mass is 35.5. The van der Waals surface area contributed by atoms with E-state index >= 15 is 0 Å². The van der Waals surface area contributed by atoms with Gasteiger partial charge in [-0.1, -0.05) is 60.2 Å². The van der Waals surface area contributed by atoms with Gasteiger partial charge < -0.3 is 16.0 Å². The van der Waals surface area contributed by atoms with Crippen LogP contribution in [0.15, 0.2) is 54.6 Å². The number of nitrogens with zero attached hydrogens (tertiary/aromatic N) is 1. The molecule has 0 spiro atoms.